The highest BCUT2D eigenvalue weighted by Crippen LogP contribution is 2.29. The Labute approximate surface area is 103 Å². The molecule has 1 saturated carbocycles. The fraction of sp³-hybridized carbons (Fsp3) is 0.692. The van der Waals surface area contributed by atoms with Crippen molar-refractivity contribution in [2.75, 3.05) is 5.75 Å². The fourth-order valence-corrected chi connectivity index (χ4v) is 3.58. The summed E-state index contributed by atoms with van der Waals surface area (Å²) in [5.41, 5.74) is 1.38. The number of nitrogens with zero attached hydrogens (tertiary/aromatic N) is 1. The van der Waals surface area contributed by atoms with E-state index in [9.17, 15) is 0 Å². The minimum Gasteiger partial charge on any atom is -0.353 e. The Kier molecular flexibility index (Phi) is 4.36. The van der Waals surface area contributed by atoms with E-state index in [1.807, 2.05) is 0 Å². The maximum absolute atomic E-state index is 3.68. The van der Waals surface area contributed by atoms with Crippen LogP contribution in [-0.4, -0.2) is 21.6 Å². The quantitative estimate of drug-likeness (QED) is 0.849. The Bertz CT molecular complexity index is 321. The predicted molar refractivity (Wildman–Crippen MR) is 71.8 cm³/mol. The van der Waals surface area contributed by atoms with Crippen molar-refractivity contribution in [3.8, 4) is 0 Å². The molecule has 1 fully saturated rings. The van der Waals surface area contributed by atoms with E-state index in [2.05, 4.69) is 53.9 Å². The number of aromatic nitrogens is 1. The molecule has 2 unspecified atom stereocenters. The first-order valence-corrected chi connectivity index (χ1v) is 7.29. The molecule has 3 heteroatoms. The molecule has 2 atom stereocenters. The average Bonchev–Trinajstić information content (AvgIpc) is 2.86. The Morgan fingerprint density at radius 2 is 2.38 bits per heavy atom. The molecule has 0 amide bonds. The molecule has 2 nitrogen and oxygen atoms in total. The number of thioether (sulfide) groups is 1. The zero-order valence-electron chi connectivity index (χ0n) is 10.3. The molecule has 1 aromatic heterocycles. The van der Waals surface area contributed by atoms with Crippen LogP contribution in [0.4, 0.5) is 0 Å². The molecule has 0 aromatic carbocycles. The van der Waals surface area contributed by atoms with Gasteiger partial charge in [0.2, 0.25) is 0 Å². The van der Waals surface area contributed by atoms with Gasteiger partial charge in [-0.3, -0.25) is 0 Å². The van der Waals surface area contributed by atoms with Gasteiger partial charge in [0, 0.05) is 36.8 Å². The Hall–Kier alpha value is -0.410. The third-order valence-corrected chi connectivity index (χ3v) is 4.64. The van der Waals surface area contributed by atoms with Crippen molar-refractivity contribution in [3.05, 3.63) is 24.0 Å². The van der Waals surface area contributed by atoms with Crippen LogP contribution in [0.1, 0.15) is 31.9 Å². The second kappa shape index (κ2) is 5.78. The number of hydrogen-bond acceptors (Lipinski definition) is 2. The highest BCUT2D eigenvalue weighted by Gasteiger charge is 2.23. The average molecular weight is 238 g/mol. The van der Waals surface area contributed by atoms with Gasteiger partial charge in [-0.2, -0.15) is 11.8 Å². The van der Waals surface area contributed by atoms with Crippen LogP contribution in [0.5, 0.6) is 0 Å². The normalized spacial score (nSPS) is 25.1. The van der Waals surface area contributed by atoms with E-state index in [-0.39, 0.29) is 0 Å². The van der Waals surface area contributed by atoms with E-state index in [1.165, 1.54) is 30.7 Å². The lowest BCUT2D eigenvalue weighted by Gasteiger charge is -2.13. The largest absolute Gasteiger partial charge is 0.353 e. The van der Waals surface area contributed by atoms with Gasteiger partial charge >= 0.3 is 0 Å². The predicted octanol–water partition coefficient (Wildman–Crippen LogP) is 2.79. The van der Waals surface area contributed by atoms with Crippen LogP contribution in [-0.2, 0) is 13.6 Å². The molecule has 16 heavy (non-hydrogen) atoms. The molecule has 0 bridgehead atoms. The smallest absolute Gasteiger partial charge is 0.0361 e. The number of nitrogens with one attached hydrogen (secondary N) is 1. The number of rotatable bonds is 5. The van der Waals surface area contributed by atoms with Crippen molar-refractivity contribution in [1.82, 2.24) is 9.88 Å². The summed E-state index contributed by atoms with van der Waals surface area (Å²) in [6.07, 6.45) is 6.20. The molecule has 2 rings (SSSR count). The van der Waals surface area contributed by atoms with Crippen LogP contribution in [0.3, 0.4) is 0 Å². The van der Waals surface area contributed by atoms with Crippen LogP contribution in [0, 0.1) is 0 Å². The van der Waals surface area contributed by atoms with Crippen LogP contribution >= 0.6 is 11.8 Å². The minimum absolute atomic E-state index is 0.735. The first-order chi connectivity index (χ1) is 7.79. The second-order valence-electron chi connectivity index (χ2n) is 4.58. The molecule has 1 aromatic rings. The fourth-order valence-electron chi connectivity index (χ4n) is 2.44. The summed E-state index contributed by atoms with van der Waals surface area (Å²) in [7, 11) is 2.11. The second-order valence-corrected chi connectivity index (χ2v) is 6.16. The zero-order chi connectivity index (χ0) is 11.4. The molecule has 1 N–H and O–H groups in total. The summed E-state index contributed by atoms with van der Waals surface area (Å²) >= 11 is 2.12. The van der Waals surface area contributed by atoms with Crippen molar-refractivity contribution >= 4 is 11.8 Å². The van der Waals surface area contributed by atoms with Gasteiger partial charge in [0.1, 0.15) is 0 Å². The maximum Gasteiger partial charge on any atom is 0.0361 e. The first kappa shape index (κ1) is 12.1. The molecular weight excluding hydrogens is 216 g/mol. The lowest BCUT2D eigenvalue weighted by Crippen LogP contribution is -2.27. The van der Waals surface area contributed by atoms with Crippen LogP contribution < -0.4 is 5.32 Å². The molecular formula is C13H22N2S. The SMILES string of the molecule is CCSC1CCC(NCc2cccn2C)C1. The Morgan fingerprint density at radius 3 is 3.06 bits per heavy atom. The maximum atomic E-state index is 3.68. The summed E-state index contributed by atoms with van der Waals surface area (Å²) in [5, 5.41) is 4.58. The molecule has 1 aliphatic carbocycles. The van der Waals surface area contributed by atoms with Gasteiger partial charge in [-0.15, -0.1) is 0 Å². The number of aryl methyl sites for hydroxylation is 1. The van der Waals surface area contributed by atoms with Crippen LogP contribution in [0.2, 0.25) is 0 Å². The van der Waals surface area contributed by atoms with Gasteiger partial charge in [-0.1, -0.05) is 6.92 Å². The van der Waals surface area contributed by atoms with Crippen molar-refractivity contribution in [2.24, 2.45) is 7.05 Å². The Morgan fingerprint density at radius 1 is 1.50 bits per heavy atom. The van der Waals surface area contributed by atoms with Crippen molar-refractivity contribution in [1.29, 1.82) is 0 Å². The zero-order valence-corrected chi connectivity index (χ0v) is 11.1. The minimum atomic E-state index is 0.735. The topological polar surface area (TPSA) is 17.0 Å². The summed E-state index contributed by atoms with van der Waals surface area (Å²) in [6, 6.07) is 5.04. The Balaban J connectivity index is 1.74. The van der Waals surface area contributed by atoms with Gasteiger partial charge in [-0.05, 0) is 37.1 Å². The molecule has 1 aliphatic rings. The highest BCUT2D eigenvalue weighted by atomic mass is 32.2. The van der Waals surface area contributed by atoms with Gasteiger partial charge < -0.3 is 9.88 Å². The van der Waals surface area contributed by atoms with E-state index in [0.29, 0.717) is 0 Å². The van der Waals surface area contributed by atoms with Crippen LogP contribution in [0.25, 0.3) is 0 Å². The molecule has 90 valence electrons. The lowest BCUT2D eigenvalue weighted by molar-refractivity contribution is 0.514. The molecule has 0 aliphatic heterocycles. The van der Waals surface area contributed by atoms with Gasteiger partial charge in [0.05, 0.1) is 0 Å². The summed E-state index contributed by atoms with van der Waals surface area (Å²) in [4.78, 5) is 0. The number of hydrogen-bond donors (Lipinski definition) is 1. The van der Waals surface area contributed by atoms with E-state index < -0.39 is 0 Å². The summed E-state index contributed by atoms with van der Waals surface area (Å²) in [5.74, 6) is 1.26. The third kappa shape index (κ3) is 3.05. The molecule has 0 radical (unpaired) electrons. The van der Waals surface area contributed by atoms with Gasteiger partial charge in [-0.25, -0.2) is 0 Å². The molecule has 0 spiro atoms. The van der Waals surface area contributed by atoms with Crippen molar-refractivity contribution in [3.63, 3.8) is 0 Å². The monoisotopic (exact) mass is 238 g/mol. The van der Waals surface area contributed by atoms with E-state index >= 15 is 0 Å². The van der Waals surface area contributed by atoms with Gasteiger partial charge in [0.25, 0.3) is 0 Å². The van der Waals surface area contributed by atoms with E-state index in [0.717, 1.165) is 17.8 Å². The van der Waals surface area contributed by atoms with Crippen molar-refractivity contribution in [2.45, 2.75) is 44.0 Å². The molecule has 1 heterocycles. The van der Waals surface area contributed by atoms with Crippen molar-refractivity contribution < 1.29 is 0 Å². The van der Waals surface area contributed by atoms with E-state index in [1.54, 1.807) is 0 Å². The third-order valence-electron chi connectivity index (χ3n) is 3.41. The highest BCUT2D eigenvalue weighted by molar-refractivity contribution is 7.99. The van der Waals surface area contributed by atoms with Gasteiger partial charge in [0.15, 0.2) is 0 Å². The summed E-state index contributed by atoms with van der Waals surface area (Å²) < 4.78 is 2.19. The standard InChI is InChI=1S/C13H22N2S/c1-3-16-13-7-6-11(9-13)14-10-12-5-4-8-15(12)2/h4-5,8,11,13-14H,3,6-7,9-10H2,1-2H3. The van der Waals surface area contributed by atoms with E-state index in [4.69, 9.17) is 0 Å². The van der Waals surface area contributed by atoms with Crippen LogP contribution in [0.15, 0.2) is 18.3 Å². The molecule has 0 saturated heterocycles. The summed E-state index contributed by atoms with van der Waals surface area (Å²) in [6.45, 7) is 3.27. The first-order valence-electron chi connectivity index (χ1n) is 6.24. The lowest BCUT2D eigenvalue weighted by atomic mass is 10.2.